The maximum Gasteiger partial charge on any atom is 0.339 e. The number of nitrogens with one attached hydrogen (secondary N) is 1. The lowest BCUT2D eigenvalue weighted by Gasteiger charge is -2.15. The number of carboxylic acids is 1. The van der Waals surface area contributed by atoms with E-state index in [2.05, 4.69) is 15.0 Å². The van der Waals surface area contributed by atoms with Crippen molar-refractivity contribution in [2.24, 2.45) is 0 Å². The minimum absolute atomic E-state index is 0.311. The van der Waals surface area contributed by atoms with Crippen LogP contribution in [0.3, 0.4) is 0 Å². The van der Waals surface area contributed by atoms with Crippen LogP contribution in [0.5, 0.6) is 0 Å². The van der Waals surface area contributed by atoms with Crippen LogP contribution in [0, 0.1) is 6.92 Å². The molecule has 0 aliphatic rings. The summed E-state index contributed by atoms with van der Waals surface area (Å²) in [5, 5.41) is 11.9. The van der Waals surface area contributed by atoms with Crippen molar-refractivity contribution >= 4 is 17.8 Å². The number of methoxy groups -OCH3 is 2. The second-order valence-corrected chi connectivity index (χ2v) is 4.14. The predicted molar refractivity (Wildman–Crippen MR) is 71.9 cm³/mol. The van der Waals surface area contributed by atoms with Crippen molar-refractivity contribution in [1.82, 2.24) is 4.98 Å². The Morgan fingerprint density at radius 3 is 2.60 bits per heavy atom. The van der Waals surface area contributed by atoms with Gasteiger partial charge >= 0.3 is 11.9 Å². The molecule has 0 amide bonds. The number of rotatable bonds is 7. The van der Waals surface area contributed by atoms with Crippen LogP contribution in [-0.4, -0.2) is 48.9 Å². The molecule has 1 unspecified atom stereocenters. The molecule has 7 nitrogen and oxygen atoms in total. The molecule has 0 saturated carbocycles. The highest BCUT2D eigenvalue weighted by atomic mass is 16.5. The molecule has 0 spiro atoms. The maximum absolute atomic E-state index is 11.4. The van der Waals surface area contributed by atoms with Gasteiger partial charge in [0.25, 0.3) is 0 Å². The zero-order valence-corrected chi connectivity index (χ0v) is 11.7. The summed E-state index contributed by atoms with van der Waals surface area (Å²) >= 11 is 0. The highest BCUT2D eigenvalue weighted by Crippen LogP contribution is 2.13. The van der Waals surface area contributed by atoms with E-state index in [4.69, 9.17) is 9.84 Å². The standard InChI is InChI=1S/C13H18N2O5/c1-8-9(13(18)20-3)4-5-11(14-8)15-10(12(16)17)6-7-19-2/h4-5,10H,6-7H2,1-3H3,(H,14,15)(H,16,17). The van der Waals surface area contributed by atoms with Crippen molar-refractivity contribution in [3.8, 4) is 0 Å². The summed E-state index contributed by atoms with van der Waals surface area (Å²) < 4.78 is 9.48. The molecule has 1 aromatic heterocycles. The van der Waals surface area contributed by atoms with E-state index < -0.39 is 18.0 Å². The van der Waals surface area contributed by atoms with Crippen LogP contribution in [-0.2, 0) is 14.3 Å². The topological polar surface area (TPSA) is 97.8 Å². The molecule has 1 atom stereocenters. The molecule has 1 rings (SSSR count). The highest BCUT2D eigenvalue weighted by molar-refractivity contribution is 5.90. The van der Waals surface area contributed by atoms with Crippen molar-refractivity contribution in [1.29, 1.82) is 0 Å². The van der Waals surface area contributed by atoms with E-state index in [1.54, 1.807) is 19.1 Å². The van der Waals surface area contributed by atoms with Gasteiger partial charge < -0.3 is 19.9 Å². The average Bonchev–Trinajstić information content (AvgIpc) is 2.42. The minimum Gasteiger partial charge on any atom is -0.480 e. The van der Waals surface area contributed by atoms with Gasteiger partial charge in [-0.2, -0.15) is 0 Å². The zero-order valence-electron chi connectivity index (χ0n) is 11.7. The normalized spacial score (nSPS) is 11.8. The number of hydrogen-bond donors (Lipinski definition) is 2. The van der Waals surface area contributed by atoms with E-state index in [9.17, 15) is 9.59 Å². The Kier molecular flexibility index (Phi) is 5.92. The van der Waals surface area contributed by atoms with Crippen molar-refractivity contribution in [3.05, 3.63) is 23.4 Å². The Bertz CT molecular complexity index is 490. The second kappa shape index (κ2) is 7.44. The summed E-state index contributed by atoms with van der Waals surface area (Å²) in [7, 11) is 2.80. The smallest absolute Gasteiger partial charge is 0.339 e. The van der Waals surface area contributed by atoms with Crippen molar-refractivity contribution in [2.75, 3.05) is 26.1 Å². The lowest BCUT2D eigenvalue weighted by molar-refractivity contribution is -0.138. The summed E-state index contributed by atoms with van der Waals surface area (Å²) in [4.78, 5) is 26.7. The molecule has 0 fully saturated rings. The first kappa shape index (κ1) is 15.9. The summed E-state index contributed by atoms with van der Waals surface area (Å²) in [5.74, 6) is -1.08. The molecule has 0 bridgehead atoms. The van der Waals surface area contributed by atoms with Crippen molar-refractivity contribution in [2.45, 2.75) is 19.4 Å². The Morgan fingerprint density at radius 2 is 2.10 bits per heavy atom. The van der Waals surface area contributed by atoms with E-state index in [1.807, 2.05) is 0 Å². The number of carbonyl (C=O) groups is 2. The van der Waals surface area contributed by atoms with Crippen molar-refractivity contribution < 1.29 is 24.2 Å². The molecule has 0 saturated heterocycles. The van der Waals surface area contributed by atoms with Gasteiger partial charge in [0.15, 0.2) is 0 Å². The number of aliphatic carboxylic acids is 1. The monoisotopic (exact) mass is 282 g/mol. The number of aromatic nitrogens is 1. The first-order valence-electron chi connectivity index (χ1n) is 6.03. The number of anilines is 1. The van der Waals surface area contributed by atoms with E-state index in [1.165, 1.54) is 14.2 Å². The summed E-state index contributed by atoms with van der Waals surface area (Å²) in [6.45, 7) is 1.98. The van der Waals surface area contributed by atoms with Gasteiger partial charge in [-0.15, -0.1) is 0 Å². The molecular formula is C13H18N2O5. The summed E-state index contributed by atoms with van der Waals surface area (Å²) in [6.07, 6.45) is 0.311. The summed E-state index contributed by atoms with van der Waals surface area (Å²) in [6, 6.07) is 2.29. The minimum atomic E-state index is -0.987. The molecule has 1 aromatic rings. The second-order valence-electron chi connectivity index (χ2n) is 4.14. The zero-order chi connectivity index (χ0) is 15.1. The van der Waals surface area contributed by atoms with Gasteiger partial charge in [-0.3, -0.25) is 0 Å². The van der Waals surface area contributed by atoms with Gasteiger partial charge in [-0.1, -0.05) is 0 Å². The lowest BCUT2D eigenvalue weighted by Crippen LogP contribution is -2.31. The number of carbonyl (C=O) groups excluding carboxylic acids is 1. The van der Waals surface area contributed by atoms with Gasteiger partial charge in [-0.25, -0.2) is 14.6 Å². The van der Waals surface area contributed by atoms with Gasteiger partial charge in [0.2, 0.25) is 0 Å². The molecule has 110 valence electrons. The van der Waals surface area contributed by atoms with E-state index >= 15 is 0 Å². The van der Waals surface area contributed by atoms with Crippen molar-refractivity contribution in [3.63, 3.8) is 0 Å². The van der Waals surface area contributed by atoms with Crippen LogP contribution in [0.2, 0.25) is 0 Å². The lowest BCUT2D eigenvalue weighted by atomic mass is 10.2. The fourth-order valence-electron chi connectivity index (χ4n) is 1.64. The van der Waals surface area contributed by atoms with Gasteiger partial charge in [-0.05, 0) is 19.1 Å². The fraction of sp³-hybridized carbons (Fsp3) is 0.462. The third-order valence-corrected chi connectivity index (χ3v) is 2.72. The SMILES string of the molecule is COCCC(Nc1ccc(C(=O)OC)c(C)n1)C(=O)O. The molecule has 0 radical (unpaired) electrons. The van der Waals surface area contributed by atoms with Crippen LogP contribution in [0.4, 0.5) is 5.82 Å². The first-order valence-corrected chi connectivity index (χ1v) is 6.03. The molecule has 0 aromatic carbocycles. The number of hydrogen-bond acceptors (Lipinski definition) is 6. The molecule has 7 heteroatoms. The third kappa shape index (κ3) is 4.20. The van der Waals surface area contributed by atoms with Crippen LogP contribution in [0.25, 0.3) is 0 Å². The summed E-state index contributed by atoms with van der Waals surface area (Å²) in [5.41, 5.74) is 0.819. The third-order valence-electron chi connectivity index (χ3n) is 2.72. The quantitative estimate of drug-likeness (QED) is 0.722. The Hall–Kier alpha value is -2.15. The van der Waals surface area contributed by atoms with Gasteiger partial charge in [0.05, 0.1) is 18.4 Å². The number of pyridine rings is 1. The Balaban J connectivity index is 2.84. The molecule has 0 aliphatic heterocycles. The predicted octanol–water partition coefficient (Wildman–Crippen LogP) is 1.08. The van der Waals surface area contributed by atoms with Gasteiger partial charge in [0, 0.05) is 20.1 Å². The molecule has 2 N–H and O–H groups in total. The first-order chi connectivity index (χ1) is 9.49. The van der Waals surface area contributed by atoms with Crippen LogP contribution in [0.15, 0.2) is 12.1 Å². The Labute approximate surface area is 116 Å². The van der Waals surface area contributed by atoms with E-state index in [-0.39, 0.29) is 0 Å². The molecular weight excluding hydrogens is 264 g/mol. The number of carboxylic acid groups (broad SMARTS) is 1. The number of esters is 1. The average molecular weight is 282 g/mol. The number of ether oxygens (including phenoxy) is 2. The van der Waals surface area contributed by atoms with Crippen LogP contribution in [0.1, 0.15) is 22.5 Å². The fourth-order valence-corrected chi connectivity index (χ4v) is 1.64. The van der Waals surface area contributed by atoms with E-state index in [0.29, 0.717) is 30.1 Å². The largest absolute Gasteiger partial charge is 0.480 e. The van der Waals surface area contributed by atoms with E-state index in [0.717, 1.165) is 0 Å². The number of aryl methyl sites for hydroxylation is 1. The Morgan fingerprint density at radius 1 is 1.40 bits per heavy atom. The van der Waals surface area contributed by atoms with Gasteiger partial charge in [0.1, 0.15) is 11.9 Å². The van der Waals surface area contributed by atoms with Crippen LogP contribution < -0.4 is 5.32 Å². The molecule has 0 aliphatic carbocycles. The maximum atomic E-state index is 11.4. The highest BCUT2D eigenvalue weighted by Gasteiger charge is 2.18. The molecule has 1 heterocycles. The number of nitrogens with zero attached hydrogens (tertiary/aromatic N) is 1. The molecule has 20 heavy (non-hydrogen) atoms. The van der Waals surface area contributed by atoms with Crippen LogP contribution >= 0.6 is 0 Å².